The molecule has 11 heteroatoms. The first-order valence-corrected chi connectivity index (χ1v) is 10.1. The van der Waals surface area contributed by atoms with E-state index in [-0.39, 0.29) is 30.5 Å². The van der Waals surface area contributed by atoms with E-state index in [1.54, 1.807) is 36.1 Å². The average Bonchev–Trinajstić information content (AvgIpc) is 3.36. The molecule has 3 N–H and O–H groups in total. The highest BCUT2D eigenvalue weighted by Gasteiger charge is 2.24. The molecule has 0 aliphatic carbocycles. The molecule has 0 aliphatic heterocycles. The first-order valence-electron chi connectivity index (χ1n) is 9.69. The molecule has 1 aromatic carbocycles. The Bertz CT molecular complexity index is 1000. The Morgan fingerprint density at radius 1 is 1.35 bits per heavy atom. The van der Waals surface area contributed by atoms with Gasteiger partial charge >= 0.3 is 0 Å². The lowest BCUT2D eigenvalue weighted by Crippen LogP contribution is -2.39. The van der Waals surface area contributed by atoms with Crippen molar-refractivity contribution >= 4 is 41.5 Å². The van der Waals surface area contributed by atoms with Crippen molar-refractivity contribution in [2.45, 2.75) is 25.9 Å². The summed E-state index contributed by atoms with van der Waals surface area (Å²) in [6.45, 7) is 5.12. The van der Waals surface area contributed by atoms with Crippen LogP contribution in [0.4, 0.5) is 0 Å². The van der Waals surface area contributed by atoms with Crippen molar-refractivity contribution in [3.8, 4) is 11.4 Å². The zero-order valence-electron chi connectivity index (χ0n) is 17.7. The summed E-state index contributed by atoms with van der Waals surface area (Å²) in [6, 6.07) is 7.30. The van der Waals surface area contributed by atoms with E-state index in [4.69, 9.17) is 16.1 Å². The van der Waals surface area contributed by atoms with E-state index in [1.807, 2.05) is 26.1 Å². The number of rotatable bonds is 8. The third-order valence-electron chi connectivity index (χ3n) is 4.40. The smallest absolute Gasteiger partial charge is 0.228 e. The van der Waals surface area contributed by atoms with Gasteiger partial charge in [-0.25, -0.2) is 4.99 Å². The zero-order chi connectivity index (χ0) is 21.6. The zero-order valence-corrected chi connectivity index (χ0v) is 20.8. The number of aromatic nitrogens is 4. The number of guanidine groups is 1. The highest BCUT2D eigenvalue weighted by molar-refractivity contribution is 14.0. The standard InChI is InChI=1S/C20H26ClN7O2.HI/c1-4-22-19(24-13-20(2,29)15-11-25-28(3)12-15)23-9-8-17-26-18(27-30-17)14-6-5-7-16(21)10-14;/h5-7,10-12,29H,4,8-9,13H2,1-3H3,(H2,22,23,24);1H. The van der Waals surface area contributed by atoms with E-state index in [0.717, 1.165) is 5.56 Å². The SMILES string of the molecule is CCNC(=NCC(C)(O)c1cnn(C)c1)NCCc1nc(-c2cccc(Cl)c2)no1.I. The summed E-state index contributed by atoms with van der Waals surface area (Å²) >= 11 is 6.01. The normalized spacial score (nSPS) is 13.4. The molecule has 0 aliphatic rings. The van der Waals surface area contributed by atoms with Gasteiger partial charge < -0.3 is 20.3 Å². The molecule has 0 bridgehead atoms. The summed E-state index contributed by atoms with van der Waals surface area (Å²) in [5.41, 5.74) is 0.400. The molecular weight excluding hydrogens is 533 g/mol. The number of aliphatic hydroxyl groups is 1. The minimum Gasteiger partial charge on any atom is -0.383 e. The second kappa shape index (κ2) is 11.4. The molecule has 0 spiro atoms. The molecule has 9 nitrogen and oxygen atoms in total. The van der Waals surface area contributed by atoms with Gasteiger partial charge in [-0.15, -0.1) is 24.0 Å². The van der Waals surface area contributed by atoms with Crippen LogP contribution in [0.3, 0.4) is 0 Å². The molecule has 2 heterocycles. The second-order valence-electron chi connectivity index (χ2n) is 7.07. The lowest BCUT2D eigenvalue weighted by molar-refractivity contribution is 0.0672. The Balaban J connectivity index is 0.00000341. The van der Waals surface area contributed by atoms with Gasteiger partial charge in [0.15, 0.2) is 5.96 Å². The summed E-state index contributed by atoms with van der Waals surface area (Å²) in [6.07, 6.45) is 3.95. The van der Waals surface area contributed by atoms with Gasteiger partial charge in [0.2, 0.25) is 11.7 Å². The number of hydrogen-bond acceptors (Lipinski definition) is 6. The van der Waals surface area contributed by atoms with Gasteiger partial charge in [0.05, 0.1) is 12.7 Å². The molecule has 31 heavy (non-hydrogen) atoms. The minimum absolute atomic E-state index is 0. The Hall–Kier alpha value is -2.18. The lowest BCUT2D eigenvalue weighted by atomic mass is 10.0. The van der Waals surface area contributed by atoms with Crippen LogP contribution in [0.2, 0.25) is 5.02 Å². The van der Waals surface area contributed by atoms with Gasteiger partial charge in [0, 0.05) is 48.9 Å². The maximum absolute atomic E-state index is 10.7. The third kappa shape index (κ3) is 7.18. The van der Waals surface area contributed by atoms with Gasteiger partial charge in [-0.3, -0.25) is 4.68 Å². The van der Waals surface area contributed by atoms with Crippen molar-refractivity contribution in [3.05, 3.63) is 53.1 Å². The molecule has 0 saturated heterocycles. The van der Waals surface area contributed by atoms with Gasteiger partial charge in [0.1, 0.15) is 5.60 Å². The molecule has 0 fully saturated rings. The Kier molecular flexibility index (Phi) is 9.26. The molecule has 168 valence electrons. The molecule has 1 unspecified atom stereocenters. The van der Waals surface area contributed by atoms with Gasteiger partial charge in [-0.2, -0.15) is 10.1 Å². The number of benzene rings is 1. The van der Waals surface area contributed by atoms with E-state index >= 15 is 0 Å². The van der Waals surface area contributed by atoms with Crippen LogP contribution in [0.5, 0.6) is 0 Å². The Morgan fingerprint density at radius 2 is 2.16 bits per heavy atom. The molecule has 0 saturated carbocycles. The van der Waals surface area contributed by atoms with Crippen LogP contribution < -0.4 is 10.6 Å². The molecule has 0 radical (unpaired) electrons. The van der Waals surface area contributed by atoms with E-state index in [1.165, 1.54) is 0 Å². The molecule has 1 atom stereocenters. The topological polar surface area (TPSA) is 113 Å². The molecular formula is C20H27ClIN7O2. The van der Waals surface area contributed by atoms with Crippen LogP contribution in [-0.4, -0.2) is 50.6 Å². The monoisotopic (exact) mass is 559 g/mol. The number of nitrogens with one attached hydrogen (secondary N) is 2. The van der Waals surface area contributed by atoms with E-state index in [0.29, 0.717) is 47.8 Å². The fourth-order valence-electron chi connectivity index (χ4n) is 2.75. The van der Waals surface area contributed by atoms with E-state index < -0.39 is 5.60 Å². The van der Waals surface area contributed by atoms with Crippen molar-refractivity contribution in [2.75, 3.05) is 19.6 Å². The largest absolute Gasteiger partial charge is 0.383 e. The number of nitrogens with zero attached hydrogens (tertiary/aromatic N) is 5. The highest BCUT2D eigenvalue weighted by Crippen LogP contribution is 2.21. The summed E-state index contributed by atoms with van der Waals surface area (Å²) < 4.78 is 6.97. The average molecular weight is 560 g/mol. The fourth-order valence-corrected chi connectivity index (χ4v) is 2.94. The third-order valence-corrected chi connectivity index (χ3v) is 4.63. The Morgan fingerprint density at radius 3 is 2.84 bits per heavy atom. The maximum atomic E-state index is 10.7. The first-order chi connectivity index (χ1) is 14.4. The van der Waals surface area contributed by atoms with Crippen LogP contribution in [-0.2, 0) is 19.1 Å². The van der Waals surface area contributed by atoms with Crippen molar-refractivity contribution < 1.29 is 9.63 Å². The van der Waals surface area contributed by atoms with E-state index in [9.17, 15) is 5.11 Å². The maximum Gasteiger partial charge on any atom is 0.228 e. The van der Waals surface area contributed by atoms with Crippen molar-refractivity contribution in [1.82, 2.24) is 30.6 Å². The predicted octanol–water partition coefficient (Wildman–Crippen LogP) is 2.75. The predicted molar refractivity (Wildman–Crippen MR) is 131 cm³/mol. The van der Waals surface area contributed by atoms with Crippen LogP contribution in [0.15, 0.2) is 46.2 Å². The number of aryl methyl sites for hydroxylation is 1. The van der Waals surface area contributed by atoms with Crippen LogP contribution in [0.25, 0.3) is 11.4 Å². The van der Waals surface area contributed by atoms with Crippen LogP contribution in [0.1, 0.15) is 25.3 Å². The van der Waals surface area contributed by atoms with Crippen LogP contribution in [0, 0.1) is 0 Å². The van der Waals surface area contributed by atoms with Crippen molar-refractivity contribution in [3.63, 3.8) is 0 Å². The number of halogens is 2. The van der Waals surface area contributed by atoms with Gasteiger partial charge in [0.25, 0.3) is 0 Å². The fraction of sp³-hybridized carbons (Fsp3) is 0.400. The number of aliphatic imine (C=N–C) groups is 1. The summed E-state index contributed by atoms with van der Waals surface area (Å²) in [5, 5.41) is 25.8. The minimum atomic E-state index is -1.12. The Labute approximate surface area is 203 Å². The molecule has 0 amide bonds. The molecule has 3 rings (SSSR count). The summed E-state index contributed by atoms with van der Waals surface area (Å²) in [4.78, 5) is 8.90. The summed E-state index contributed by atoms with van der Waals surface area (Å²) in [5.74, 6) is 1.60. The van der Waals surface area contributed by atoms with Crippen molar-refractivity contribution in [2.24, 2.45) is 12.0 Å². The number of hydrogen-bond donors (Lipinski definition) is 3. The second-order valence-corrected chi connectivity index (χ2v) is 7.51. The summed E-state index contributed by atoms with van der Waals surface area (Å²) in [7, 11) is 1.81. The quantitative estimate of drug-likeness (QED) is 0.221. The van der Waals surface area contributed by atoms with Gasteiger partial charge in [-0.05, 0) is 26.0 Å². The molecule has 2 aromatic heterocycles. The van der Waals surface area contributed by atoms with E-state index in [2.05, 4.69) is 30.9 Å². The molecule has 3 aromatic rings. The van der Waals surface area contributed by atoms with Crippen molar-refractivity contribution in [1.29, 1.82) is 0 Å². The van der Waals surface area contributed by atoms with Gasteiger partial charge in [-0.1, -0.05) is 28.9 Å². The highest BCUT2D eigenvalue weighted by atomic mass is 127. The lowest BCUT2D eigenvalue weighted by Gasteiger charge is -2.20. The first kappa shape index (κ1) is 25.1. The van der Waals surface area contributed by atoms with Crippen LogP contribution >= 0.6 is 35.6 Å².